The molecule has 0 amide bonds. The Morgan fingerprint density at radius 1 is 1.21 bits per heavy atom. The first-order chi connectivity index (χ1) is 8.99. The number of imidazole rings is 1. The highest BCUT2D eigenvalue weighted by Crippen LogP contribution is 2.21. The Bertz CT molecular complexity index is 555. The number of nitrogens with zero attached hydrogens (tertiary/aromatic N) is 2. The predicted molar refractivity (Wildman–Crippen MR) is 66.3 cm³/mol. The van der Waals surface area contributed by atoms with Crippen molar-refractivity contribution in [1.82, 2.24) is 9.55 Å². The van der Waals surface area contributed by atoms with Gasteiger partial charge in [0, 0.05) is 24.4 Å². The zero-order valence-corrected chi connectivity index (χ0v) is 10.6. The molecule has 0 spiro atoms. The molecule has 0 radical (unpaired) electrons. The molecule has 1 aromatic carbocycles. The summed E-state index contributed by atoms with van der Waals surface area (Å²) in [6.45, 7) is 4.16. The van der Waals surface area contributed by atoms with E-state index in [0.29, 0.717) is 12.1 Å². The number of halogens is 3. The van der Waals surface area contributed by atoms with Crippen LogP contribution in [0.25, 0.3) is 0 Å². The van der Waals surface area contributed by atoms with E-state index in [1.54, 1.807) is 12.5 Å². The minimum atomic E-state index is -0.951. The van der Waals surface area contributed by atoms with Gasteiger partial charge in [0.05, 0.1) is 18.6 Å². The van der Waals surface area contributed by atoms with Crippen LogP contribution in [0.2, 0.25) is 0 Å². The van der Waals surface area contributed by atoms with Crippen molar-refractivity contribution in [2.24, 2.45) is 0 Å². The lowest BCUT2D eigenvalue weighted by atomic mass is 10.2. The van der Waals surface area contributed by atoms with Gasteiger partial charge in [0.25, 0.3) is 0 Å². The fourth-order valence-electron chi connectivity index (χ4n) is 1.82. The summed E-state index contributed by atoms with van der Waals surface area (Å²) in [6, 6.07) is 1.48. The summed E-state index contributed by atoms with van der Waals surface area (Å²) in [5.74, 6) is -2.84. The fourth-order valence-corrected chi connectivity index (χ4v) is 1.82. The Hall–Kier alpha value is -1.98. The van der Waals surface area contributed by atoms with Gasteiger partial charge in [0.2, 0.25) is 0 Å². The minimum absolute atomic E-state index is 0.196. The van der Waals surface area contributed by atoms with Crippen molar-refractivity contribution >= 4 is 5.69 Å². The van der Waals surface area contributed by atoms with Gasteiger partial charge in [-0.3, -0.25) is 0 Å². The van der Waals surface area contributed by atoms with E-state index in [-0.39, 0.29) is 18.3 Å². The van der Waals surface area contributed by atoms with Crippen molar-refractivity contribution in [2.45, 2.75) is 26.4 Å². The van der Waals surface area contributed by atoms with Gasteiger partial charge in [-0.1, -0.05) is 0 Å². The van der Waals surface area contributed by atoms with Crippen LogP contribution in [0, 0.1) is 17.5 Å². The summed E-state index contributed by atoms with van der Waals surface area (Å²) >= 11 is 0. The number of benzene rings is 1. The third-order valence-electron chi connectivity index (χ3n) is 2.76. The maximum Gasteiger partial charge on any atom is 0.152 e. The largest absolute Gasteiger partial charge is 0.375 e. The molecule has 6 heteroatoms. The van der Waals surface area contributed by atoms with Crippen LogP contribution >= 0.6 is 0 Å². The normalized spacial score (nSPS) is 11.1. The summed E-state index contributed by atoms with van der Waals surface area (Å²) in [6.07, 6.45) is 3.27. The number of rotatable bonds is 4. The van der Waals surface area contributed by atoms with Crippen LogP contribution in [-0.2, 0) is 6.54 Å². The van der Waals surface area contributed by atoms with E-state index in [9.17, 15) is 13.2 Å². The topological polar surface area (TPSA) is 29.9 Å². The number of aromatic nitrogens is 2. The smallest absolute Gasteiger partial charge is 0.152 e. The molecule has 0 fully saturated rings. The monoisotopic (exact) mass is 269 g/mol. The van der Waals surface area contributed by atoms with E-state index in [1.807, 2.05) is 18.4 Å². The Balaban J connectivity index is 2.17. The summed E-state index contributed by atoms with van der Waals surface area (Å²) in [5, 5.41) is 2.63. The summed E-state index contributed by atoms with van der Waals surface area (Å²) < 4.78 is 41.5. The lowest BCUT2D eigenvalue weighted by Crippen LogP contribution is -2.10. The summed E-state index contributed by atoms with van der Waals surface area (Å²) in [5.41, 5.74) is 0.455. The lowest BCUT2D eigenvalue weighted by Gasteiger charge is -2.13. The van der Waals surface area contributed by atoms with Gasteiger partial charge < -0.3 is 9.88 Å². The lowest BCUT2D eigenvalue weighted by molar-refractivity contribution is 0.545. The molecule has 1 heterocycles. The Labute approximate surface area is 109 Å². The second-order valence-electron chi connectivity index (χ2n) is 4.48. The van der Waals surface area contributed by atoms with Crippen LogP contribution in [0.3, 0.4) is 0 Å². The second kappa shape index (κ2) is 5.34. The number of anilines is 1. The molecule has 2 rings (SSSR count). The van der Waals surface area contributed by atoms with Crippen LogP contribution in [0.5, 0.6) is 0 Å². The van der Waals surface area contributed by atoms with Crippen molar-refractivity contribution in [3.8, 4) is 0 Å². The van der Waals surface area contributed by atoms with Crippen LogP contribution in [0.15, 0.2) is 24.7 Å². The van der Waals surface area contributed by atoms with E-state index in [1.165, 1.54) is 0 Å². The van der Waals surface area contributed by atoms with Crippen molar-refractivity contribution in [3.05, 3.63) is 47.8 Å². The SMILES string of the molecule is CC(C)n1cncc1CNc1c(F)cc(F)cc1F. The van der Waals surface area contributed by atoms with Gasteiger partial charge in [0.1, 0.15) is 11.5 Å². The van der Waals surface area contributed by atoms with Gasteiger partial charge in [0.15, 0.2) is 11.6 Å². The van der Waals surface area contributed by atoms with Crippen LogP contribution in [0.4, 0.5) is 18.9 Å². The number of nitrogens with one attached hydrogen (secondary N) is 1. The highest BCUT2D eigenvalue weighted by molar-refractivity contribution is 5.46. The Morgan fingerprint density at radius 3 is 2.42 bits per heavy atom. The average molecular weight is 269 g/mol. The maximum absolute atomic E-state index is 13.4. The Morgan fingerprint density at radius 2 is 1.84 bits per heavy atom. The van der Waals surface area contributed by atoms with E-state index < -0.39 is 17.5 Å². The Kier molecular flexibility index (Phi) is 3.78. The molecule has 0 aliphatic carbocycles. The van der Waals surface area contributed by atoms with Gasteiger partial charge in [-0.05, 0) is 13.8 Å². The van der Waals surface area contributed by atoms with E-state index in [4.69, 9.17) is 0 Å². The first-order valence-corrected chi connectivity index (χ1v) is 5.88. The van der Waals surface area contributed by atoms with Gasteiger partial charge >= 0.3 is 0 Å². The average Bonchev–Trinajstić information content (AvgIpc) is 2.75. The predicted octanol–water partition coefficient (Wildman–Crippen LogP) is 3.49. The first kappa shape index (κ1) is 13.5. The summed E-state index contributed by atoms with van der Waals surface area (Å²) in [4.78, 5) is 3.99. The van der Waals surface area contributed by atoms with Gasteiger partial charge in [-0.15, -0.1) is 0 Å². The third-order valence-corrected chi connectivity index (χ3v) is 2.76. The fraction of sp³-hybridized carbons (Fsp3) is 0.308. The highest BCUT2D eigenvalue weighted by atomic mass is 19.1. The van der Waals surface area contributed by atoms with Crippen LogP contribution in [0.1, 0.15) is 25.6 Å². The van der Waals surface area contributed by atoms with Crippen LogP contribution in [-0.4, -0.2) is 9.55 Å². The standard InChI is InChI=1S/C13H14F3N3/c1-8(2)19-7-17-5-10(19)6-18-13-11(15)3-9(14)4-12(13)16/h3-5,7-8,18H,6H2,1-2H3. The maximum atomic E-state index is 13.4. The number of hydrogen-bond donors (Lipinski definition) is 1. The summed E-state index contributed by atoms with van der Waals surface area (Å²) in [7, 11) is 0. The molecule has 102 valence electrons. The number of hydrogen-bond acceptors (Lipinski definition) is 2. The quantitative estimate of drug-likeness (QED) is 0.920. The molecule has 0 aliphatic heterocycles. The molecule has 19 heavy (non-hydrogen) atoms. The van der Waals surface area contributed by atoms with Crippen molar-refractivity contribution in [1.29, 1.82) is 0 Å². The van der Waals surface area contributed by atoms with Gasteiger partial charge in [-0.2, -0.15) is 0 Å². The van der Waals surface area contributed by atoms with E-state index in [0.717, 1.165) is 5.69 Å². The molecule has 3 nitrogen and oxygen atoms in total. The van der Waals surface area contributed by atoms with E-state index in [2.05, 4.69) is 10.3 Å². The molecule has 1 aromatic heterocycles. The molecule has 0 saturated carbocycles. The van der Waals surface area contributed by atoms with Crippen molar-refractivity contribution in [3.63, 3.8) is 0 Å². The van der Waals surface area contributed by atoms with Crippen molar-refractivity contribution in [2.75, 3.05) is 5.32 Å². The first-order valence-electron chi connectivity index (χ1n) is 5.88. The van der Waals surface area contributed by atoms with Crippen molar-refractivity contribution < 1.29 is 13.2 Å². The molecule has 0 unspecified atom stereocenters. The molecular formula is C13H14F3N3. The highest BCUT2D eigenvalue weighted by Gasteiger charge is 2.12. The third kappa shape index (κ3) is 2.89. The minimum Gasteiger partial charge on any atom is -0.375 e. The molecule has 2 aromatic rings. The molecule has 0 aliphatic rings. The molecule has 1 N–H and O–H groups in total. The molecule has 0 saturated heterocycles. The zero-order chi connectivity index (χ0) is 14.0. The van der Waals surface area contributed by atoms with E-state index >= 15 is 0 Å². The molecule has 0 bridgehead atoms. The zero-order valence-electron chi connectivity index (χ0n) is 10.6. The van der Waals surface area contributed by atoms with Gasteiger partial charge in [-0.25, -0.2) is 18.2 Å². The molecular weight excluding hydrogens is 255 g/mol. The molecule has 0 atom stereocenters. The van der Waals surface area contributed by atoms with Crippen LogP contribution < -0.4 is 5.32 Å². The second-order valence-corrected chi connectivity index (χ2v) is 4.48.